The van der Waals surface area contributed by atoms with Crippen molar-refractivity contribution in [3.05, 3.63) is 35.6 Å². The lowest BCUT2D eigenvalue weighted by molar-refractivity contribution is -0.130. The number of carbonyl (C=O) groups excluding carboxylic acids is 1. The van der Waals surface area contributed by atoms with E-state index >= 15 is 0 Å². The molecule has 0 aliphatic heterocycles. The fourth-order valence-corrected chi connectivity index (χ4v) is 1.50. The van der Waals surface area contributed by atoms with E-state index in [2.05, 4.69) is 5.32 Å². The Morgan fingerprint density at radius 2 is 2.18 bits per heavy atom. The first-order valence-corrected chi connectivity index (χ1v) is 5.34. The minimum Gasteiger partial charge on any atom is -0.338 e. The Morgan fingerprint density at radius 3 is 2.71 bits per heavy atom. The second kappa shape index (κ2) is 8.03. The van der Waals surface area contributed by atoms with E-state index in [4.69, 9.17) is 0 Å². The Kier molecular flexibility index (Phi) is 7.50. The highest BCUT2D eigenvalue weighted by Gasteiger charge is 2.10. The van der Waals surface area contributed by atoms with Crippen molar-refractivity contribution in [1.29, 1.82) is 0 Å². The van der Waals surface area contributed by atoms with E-state index < -0.39 is 0 Å². The van der Waals surface area contributed by atoms with Gasteiger partial charge in [0, 0.05) is 13.1 Å². The van der Waals surface area contributed by atoms with Crippen molar-refractivity contribution in [1.82, 2.24) is 10.2 Å². The Morgan fingerprint density at radius 1 is 1.47 bits per heavy atom. The fourth-order valence-electron chi connectivity index (χ4n) is 1.50. The topological polar surface area (TPSA) is 32.3 Å². The number of rotatable bonds is 5. The molecule has 0 unspecified atom stereocenters. The number of halogens is 2. The smallest absolute Gasteiger partial charge is 0.236 e. The maximum Gasteiger partial charge on any atom is 0.236 e. The standard InChI is InChI=1S/C12H17FN2O.ClH/c1-3-15(12(16)8-14-2)9-10-5-4-6-11(13)7-10;/h4-7,14H,3,8-9H2,1-2H3;1H. The number of benzene rings is 1. The maximum absolute atomic E-state index is 13.0. The molecular formula is C12H18ClFN2O. The molecule has 0 spiro atoms. The van der Waals surface area contributed by atoms with Crippen LogP contribution in [0.2, 0.25) is 0 Å². The van der Waals surface area contributed by atoms with E-state index in [1.54, 1.807) is 18.0 Å². The third kappa shape index (κ3) is 5.15. The van der Waals surface area contributed by atoms with Crippen molar-refractivity contribution in [2.45, 2.75) is 13.5 Å². The minimum absolute atomic E-state index is 0. The third-order valence-corrected chi connectivity index (χ3v) is 2.32. The van der Waals surface area contributed by atoms with Gasteiger partial charge in [-0.05, 0) is 31.7 Å². The van der Waals surface area contributed by atoms with E-state index in [1.807, 2.05) is 13.0 Å². The van der Waals surface area contributed by atoms with Gasteiger partial charge in [0.25, 0.3) is 0 Å². The lowest BCUT2D eigenvalue weighted by atomic mass is 10.2. The predicted octanol–water partition coefficient (Wildman–Crippen LogP) is 1.82. The average molecular weight is 261 g/mol. The molecule has 96 valence electrons. The van der Waals surface area contributed by atoms with Crippen LogP contribution >= 0.6 is 12.4 Å². The Labute approximate surface area is 107 Å². The molecule has 0 aliphatic carbocycles. The Bertz CT molecular complexity index is 360. The van der Waals surface area contributed by atoms with Gasteiger partial charge in [-0.25, -0.2) is 4.39 Å². The van der Waals surface area contributed by atoms with Crippen LogP contribution in [0, 0.1) is 5.82 Å². The molecule has 0 saturated heterocycles. The summed E-state index contributed by atoms with van der Waals surface area (Å²) in [5.74, 6) is -0.246. The van der Waals surface area contributed by atoms with Crippen molar-refractivity contribution in [2.75, 3.05) is 20.1 Å². The van der Waals surface area contributed by atoms with Gasteiger partial charge in [0.2, 0.25) is 5.91 Å². The lowest BCUT2D eigenvalue weighted by Gasteiger charge is -2.20. The molecule has 0 saturated carbocycles. The second-order valence-corrected chi connectivity index (χ2v) is 3.57. The molecule has 0 atom stereocenters. The number of carbonyl (C=O) groups is 1. The predicted molar refractivity (Wildman–Crippen MR) is 68.7 cm³/mol. The Hall–Kier alpha value is -1.13. The molecular weight excluding hydrogens is 243 g/mol. The van der Waals surface area contributed by atoms with Gasteiger partial charge in [-0.15, -0.1) is 12.4 Å². The van der Waals surface area contributed by atoms with Gasteiger partial charge < -0.3 is 10.2 Å². The lowest BCUT2D eigenvalue weighted by Crippen LogP contribution is -2.36. The van der Waals surface area contributed by atoms with Gasteiger partial charge in [-0.3, -0.25) is 4.79 Å². The van der Waals surface area contributed by atoms with Crippen LogP contribution in [0.4, 0.5) is 4.39 Å². The summed E-state index contributed by atoms with van der Waals surface area (Å²) in [4.78, 5) is 13.3. The van der Waals surface area contributed by atoms with E-state index in [9.17, 15) is 9.18 Å². The molecule has 0 heterocycles. The Balaban J connectivity index is 0.00000256. The molecule has 1 amide bonds. The first-order valence-electron chi connectivity index (χ1n) is 5.34. The summed E-state index contributed by atoms with van der Waals surface area (Å²) in [6.45, 7) is 3.29. The minimum atomic E-state index is -0.269. The van der Waals surface area contributed by atoms with Crippen LogP contribution in [0.3, 0.4) is 0 Å². The van der Waals surface area contributed by atoms with Crippen molar-refractivity contribution in [2.24, 2.45) is 0 Å². The van der Waals surface area contributed by atoms with E-state index in [0.29, 0.717) is 19.6 Å². The molecule has 0 bridgehead atoms. The average Bonchev–Trinajstić information content (AvgIpc) is 2.26. The molecule has 0 aliphatic rings. The third-order valence-electron chi connectivity index (χ3n) is 2.32. The van der Waals surface area contributed by atoms with E-state index in [1.165, 1.54) is 12.1 Å². The molecule has 17 heavy (non-hydrogen) atoms. The molecule has 0 radical (unpaired) electrons. The fraction of sp³-hybridized carbons (Fsp3) is 0.417. The first-order chi connectivity index (χ1) is 7.67. The number of hydrogen-bond donors (Lipinski definition) is 1. The molecule has 5 heteroatoms. The van der Waals surface area contributed by atoms with Crippen molar-refractivity contribution < 1.29 is 9.18 Å². The summed E-state index contributed by atoms with van der Waals surface area (Å²) in [6, 6.07) is 6.32. The van der Waals surface area contributed by atoms with Gasteiger partial charge in [0.1, 0.15) is 5.82 Å². The van der Waals surface area contributed by atoms with E-state index in [-0.39, 0.29) is 24.1 Å². The van der Waals surface area contributed by atoms with Gasteiger partial charge in [-0.1, -0.05) is 12.1 Å². The van der Waals surface area contributed by atoms with Crippen LogP contribution in [0.25, 0.3) is 0 Å². The van der Waals surface area contributed by atoms with Crippen LogP contribution in [0.1, 0.15) is 12.5 Å². The normalized spacial score (nSPS) is 9.59. The highest BCUT2D eigenvalue weighted by atomic mass is 35.5. The SMILES string of the molecule is CCN(Cc1cccc(F)c1)C(=O)CNC.Cl. The van der Waals surface area contributed by atoms with Gasteiger partial charge in [-0.2, -0.15) is 0 Å². The number of likely N-dealkylation sites (N-methyl/N-ethyl adjacent to an activating group) is 2. The van der Waals surface area contributed by atoms with Crippen LogP contribution in [-0.4, -0.2) is 30.9 Å². The van der Waals surface area contributed by atoms with Gasteiger partial charge in [0.05, 0.1) is 6.54 Å². The number of amides is 1. The monoisotopic (exact) mass is 260 g/mol. The molecule has 0 aromatic heterocycles. The molecule has 1 aromatic rings. The number of nitrogens with one attached hydrogen (secondary N) is 1. The summed E-state index contributed by atoms with van der Waals surface area (Å²) < 4.78 is 13.0. The van der Waals surface area contributed by atoms with Gasteiger partial charge >= 0.3 is 0 Å². The largest absolute Gasteiger partial charge is 0.338 e. The molecule has 3 nitrogen and oxygen atoms in total. The van der Waals surface area contributed by atoms with Crippen molar-refractivity contribution >= 4 is 18.3 Å². The molecule has 0 fully saturated rings. The highest BCUT2D eigenvalue weighted by Crippen LogP contribution is 2.07. The van der Waals surface area contributed by atoms with Crippen LogP contribution in [-0.2, 0) is 11.3 Å². The van der Waals surface area contributed by atoms with Crippen molar-refractivity contribution in [3.63, 3.8) is 0 Å². The second-order valence-electron chi connectivity index (χ2n) is 3.57. The zero-order chi connectivity index (χ0) is 12.0. The van der Waals surface area contributed by atoms with Gasteiger partial charge in [0.15, 0.2) is 0 Å². The van der Waals surface area contributed by atoms with E-state index in [0.717, 1.165) is 5.56 Å². The van der Waals surface area contributed by atoms with Crippen LogP contribution in [0.5, 0.6) is 0 Å². The quantitative estimate of drug-likeness (QED) is 0.876. The van der Waals surface area contributed by atoms with Crippen LogP contribution < -0.4 is 5.32 Å². The summed E-state index contributed by atoms with van der Waals surface area (Å²) in [5.41, 5.74) is 0.811. The summed E-state index contributed by atoms with van der Waals surface area (Å²) in [5, 5.41) is 2.81. The van der Waals surface area contributed by atoms with Crippen LogP contribution in [0.15, 0.2) is 24.3 Å². The van der Waals surface area contributed by atoms with Crippen molar-refractivity contribution in [3.8, 4) is 0 Å². The summed E-state index contributed by atoms with van der Waals surface area (Å²) >= 11 is 0. The number of hydrogen-bond acceptors (Lipinski definition) is 2. The molecule has 1 N–H and O–H groups in total. The number of nitrogens with zero attached hydrogens (tertiary/aromatic N) is 1. The maximum atomic E-state index is 13.0. The zero-order valence-corrected chi connectivity index (χ0v) is 10.9. The molecule has 1 rings (SSSR count). The summed E-state index contributed by atoms with van der Waals surface area (Å²) in [7, 11) is 1.73. The highest BCUT2D eigenvalue weighted by molar-refractivity contribution is 5.85. The first kappa shape index (κ1) is 15.9. The summed E-state index contributed by atoms with van der Waals surface area (Å²) in [6.07, 6.45) is 0. The zero-order valence-electron chi connectivity index (χ0n) is 10.1. The molecule has 1 aromatic carbocycles.